The van der Waals surface area contributed by atoms with E-state index in [9.17, 15) is 9.18 Å². The normalized spacial score (nSPS) is 13.5. The van der Waals surface area contributed by atoms with Crippen LogP contribution in [0.5, 0.6) is 0 Å². The lowest BCUT2D eigenvalue weighted by Crippen LogP contribution is -2.15. The van der Waals surface area contributed by atoms with Gasteiger partial charge in [0, 0.05) is 5.92 Å². The zero-order valence-corrected chi connectivity index (χ0v) is 15.5. The predicted molar refractivity (Wildman–Crippen MR) is 103 cm³/mol. The Kier molecular flexibility index (Phi) is 5.20. The number of carbonyl (C=O) groups is 1. The van der Waals surface area contributed by atoms with E-state index in [1.807, 2.05) is 18.2 Å². The molecule has 5 nitrogen and oxygen atoms in total. The number of hydrogen-bond donors (Lipinski definition) is 1. The number of benzene rings is 2. The summed E-state index contributed by atoms with van der Waals surface area (Å²) in [6, 6.07) is 16.3. The van der Waals surface area contributed by atoms with Gasteiger partial charge in [0.2, 0.25) is 5.91 Å². The Morgan fingerprint density at radius 2 is 1.85 bits per heavy atom. The van der Waals surface area contributed by atoms with Crippen LogP contribution in [0.4, 0.5) is 10.1 Å². The molecule has 0 radical (unpaired) electrons. The second kappa shape index (κ2) is 7.92. The van der Waals surface area contributed by atoms with E-state index in [0.29, 0.717) is 17.6 Å². The summed E-state index contributed by atoms with van der Waals surface area (Å²) in [6.45, 7) is 0.678. The number of thioether (sulfide) groups is 1. The second-order valence-corrected chi connectivity index (χ2v) is 7.45. The molecule has 1 saturated carbocycles. The Morgan fingerprint density at radius 1 is 1.11 bits per heavy atom. The maximum Gasteiger partial charge on any atom is 0.234 e. The number of amides is 1. The van der Waals surface area contributed by atoms with Gasteiger partial charge in [0.1, 0.15) is 11.6 Å². The van der Waals surface area contributed by atoms with Gasteiger partial charge in [-0.1, -0.05) is 54.2 Å². The third-order valence-electron chi connectivity index (χ3n) is 4.35. The molecule has 4 rings (SSSR count). The highest BCUT2D eigenvalue weighted by Crippen LogP contribution is 2.40. The van der Waals surface area contributed by atoms with Gasteiger partial charge in [-0.05, 0) is 30.5 Å². The summed E-state index contributed by atoms with van der Waals surface area (Å²) in [7, 11) is 0. The number of carbonyl (C=O) groups excluding carboxylic acids is 1. The SMILES string of the molecule is O=C(CSc1nnc(C2CC2)n1Cc1ccccc1)Nc1ccccc1F. The van der Waals surface area contributed by atoms with Crippen LogP contribution in [-0.4, -0.2) is 26.4 Å². The molecule has 1 fully saturated rings. The van der Waals surface area contributed by atoms with Crippen LogP contribution in [0, 0.1) is 5.82 Å². The monoisotopic (exact) mass is 382 g/mol. The standard InChI is InChI=1S/C20H19FN4OS/c21-16-8-4-5-9-17(16)22-18(26)13-27-20-24-23-19(15-10-11-15)25(20)12-14-6-2-1-3-7-14/h1-9,15H,10-13H2,(H,22,26). The minimum Gasteiger partial charge on any atom is -0.323 e. The Morgan fingerprint density at radius 3 is 2.59 bits per heavy atom. The highest BCUT2D eigenvalue weighted by molar-refractivity contribution is 7.99. The summed E-state index contributed by atoms with van der Waals surface area (Å²) in [6.07, 6.45) is 2.26. The van der Waals surface area contributed by atoms with Gasteiger partial charge in [-0.15, -0.1) is 10.2 Å². The average molecular weight is 382 g/mol. The van der Waals surface area contributed by atoms with Crippen LogP contribution in [0.1, 0.15) is 30.1 Å². The van der Waals surface area contributed by atoms with E-state index in [1.165, 1.54) is 17.8 Å². The number of anilines is 1. The van der Waals surface area contributed by atoms with Crippen LogP contribution in [-0.2, 0) is 11.3 Å². The van der Waals surface area contributed by atoms with Crippen molar-refractivity contribution in [2.75, 3.05) is 11.1 Å². The molecule has 1 aromatic heterocycles. The lowest BCUT2D eigenvalue weighted by molar-refractivity contribution is -0.113. The van der Waals surface area contributed by atoms with Gasteiger partial charge < -0.3 is 9.88 Å². The summed E-state index contributed by atoms with van der Waals surface area (Å²) in [5.74, 6) is 0.872. The predicted octanol–water partition coefficient (Wildman–Crippen LogP) is 4.07. The van der Waals surface area contributed by atoms with Crippen LogP contribution in [0.2, 0.25) is 0 Å². The molecule has 2 aromatic carbocycles. The van der Waals surface area contributed by atoms with Crippen LogP contribution in [0.25, 0.3) is 0 Å². The van der Waals surface area contributed by atoms with Crippen molar-refractivity contribution in [2.24, 2.45) is 0 Å². The quantitative estimate of drug-likeness (QED) is 0.626. The third kappa shape index (κ3) is 4.36. The van der Waals surface area contributed by atoms with E-state index in [1.54, 1.807) is 18.2 Å². The maximum absolute atomic E-state index is 13.7. The fraction of sp³-hybridized carbons (Fsp3) is 0.250. The van der Waals surface area contributed by atoms with Crippen LogP contribution in [0.3, 0.4) is 0 Å². The molecule has 0 unspecified atom stereocenters. The van der Waals surface area contributed by atoms with Crippen molar-refractivity contribution < 1.29 is 9.18 Å². The number of halogens is 1. The average Bonchev–Trinajstić information content (AvgIpc) is 3.45. The Balaban J connectivity index is 1.45. The first-order valence-electron chi connectivity index (χ1n) is 8.85. The van der Waals surface area contributed by atoms with E-state index >= 15 is 0 Å². The highest BCUT2D eigenvalue weighted by atomic mass is 32.2. The molecule has 1 aliphatic rings. The lowest BCUT2D eigenvalue weighted by Gasteiger charge is -2.10. The molecule has 1 heterocycles. The molecule has 0 bridgehead atoms. The maximum atomic E-state index is 13.7. The van der Waals surface area contributed by atoms with E-state index in [0.717, 1.165) is 24.2 Å². The molecule has 7 heteroatoms. The first-order chi connectivity index (χ1) is 13.2. The van der Waals surface area contributed by atoms with Crippen LogP contribution in [0.15, 0.2) is 59.8 Å². The van der Waals surface area contributed by atoms with Crippen LogP contribution < -0.4 is 5.32 Å². The number of para-hydroxylation sites is 1. The molecule has 0 spiro atoms. The van der Waals surface area contributed by atoms with Gasteiger partial charge in [-0.2, -0.15) is 0 Å². The Labute approximate surface area is 161 Å². The van der Waals surface area contributed by atoms with Gasteiger partial charge in [0.05, 0.1) is 18.0 Å². The zero-order valence-electron chi connectivity index (χ0n) is 14.6. The minimum absolute atomic E-state index is 0.145. The summed E-state index contributed by atoms with van der Waals surface area (Å²) >= 11 is 1.32. The van der Waals surface area contributed by atoms with Crippen molar-refractivity contribution >= 4 is 23.4 Å². The third-order valence-corrected chi connectivity index (χ3v) is 5.32. The molecule has 27 heavy (non-hydrogen) atoms. The summed E-state index contributed by atoms with van der Waals surface area (Å²) in [5.41, 5.74) is 1.35. The summed E-state index contributed by atoms with van der Waals surface area (Å²) in [5, 5.41) is 12.0. The van der Waals surface area contributed by atoms with Crippen molar-refractivity contribution in [1.82, 2.24) is 14.8 Å². The number of nitrogens with zero attached hydrogens (tertiary/aromatic N) is 3. The van der Waals surface area contributed by atoms with E-state index in [4.69, 9.17) is 0 Å². The van der Waals surface area contributed by atoms with E-state index in [-0.39, 0.29) is 17.3 Å². The number of aromatic nitrogens is 3. The largest absolute Gasteiger partial charge is 0.323 e. The van der Waals surface area contributed by atoms with Gasteiger partial charge in [-0.3, -0.25) is 4.79 Å². The fourth-order valence-electron chi connectivity index (χ4n) is 2.84. The van der Waals surface area contributed by atoms with Crippen molar-refractivity contribution in [3.63, 3.8) is 0 Å². The Hall–Kier alpha value is -2.67. The lowest BCUT2D eigenvalue weighted by atomic mass is 10.2. The van der Waals surface area contributed by atoms with Crippen molar-refractivity contribution in [1.29, 1.82) is 0 Å². The van der Waals surface area contributed by atoms with Crippen molar-refractivity contribution in [3.05, 3.63) is 71.8 Å². The molecule has 1 amide bonds. The zero-order chi connectivity index (χ0) is 18.6. The van der Waals surface area contributed by atoms with E-state index in [2.05, 4.69) is 32.2 Å². The minimum atomic E-state index is -0.445. The molecule has 3 aromatic rings. The molecule has 138 valence electrons. The first-order valence-corrected chi connectivity index (χ1v) is 9.83. The molecular formula is C20H19FN4OS. The second-order valence-electron chi connectivity index (χ2n) is 6.50. The summed E-state index contributed by atoms with van der Waals surface area (Å²) < 4.78 is 15.8. The molecule has 0 saturated heterocycles. The Bertz CT molecular complexity index is 940. The van der Waals surface area contributed by atoms with E-state index < -0.39 is 5.82 Å². The molecule has 1 N–H and O–H groups in total. The number of hydrogen-bond acceptors (Lipinski definition) is 4. The first kappa shape index (κ1) is 17.7. The van der Waals surface area contributed by atoms with Crippen LogP contribution >= 0.6 is 11.8 Å². The van der Waals surface area contributed by atoms with Gasteiger partial charge in [0.15, 0.2) is 5.16 Å². The van der Waals surface area contributed by atoms with Gasteiger partial charge >= 0.3 is 0 Å². The topological polar surface area (TPSA) is 59.8 Å². The van der Waals surface area contributed by atoms with Gasteiger partial charge in [0.25, 0.3) is 0 Å². The number of rotatable bonds is 7. The smallest absolute Gasteiger partial charge is 0.234 e. The highest BCUT2D eigenvalue weighted by Gasteiger charge is 2.30. The molecule has 0 aliphatic heterocycles. The van der Waals surface area contributed by atoms with Crippen molar-refractivity contribution in [2.45, 2.75) is 30.5 Å². The summed E-state index contributed by atoms with van der Waals surface area (Å²) in [4.78, 5) is 12.2. The molecule has 1 aliphatic carbocycles. The van der Waals surface area contributed by atoms with Crippen molar-refractivity contribution in [3.8, 4) is 0 Å². The molecule has 0 atom stereocenters. The van der Waals surface area contributed by atoms with Gasteiger partial charge in [-0.25, -0.2) is 4.39 Å². The molecular weight excluding hydrogens is 363 g/mol. The number of nitrogens with one attached hydrogen (secondary N) is 1. The fourth-order valence-corrected chi connectivity index (χ4v) is 3.59.